The number of hydrogen-bond acceptors (Lipinski definition) is 2. The quantitative estimate of drug-likeness (QED) is 0.715. The Labute approximate surface area is 76.3 Å². The van der Waals surface area contributed by atoms with E-state index < -0.39 is 0 Å². The highest BCUT2D eigenvalue weighted by molar-refractivity contribution is 5.56. The number of phenolic OH excluding ortho intramolecular Hbond substituents is 1. The predicted octanol–water partition coefficient (Wildman–Crippen LogP) is 1.79. The molecule has 3 nitrogen and oxygen atoms in total. The number of rotatable bonds is 1. The van der Waals surface area contributed by atoms with E-state index in [4.69, 9.17) is 5.11 Å². The normalized spacial score (nSPS) is 10.2. The van der Waals surface area contributed by atoms with Gasteiger partial charge in [0.15, 0.2) is 0 Å². The fraction of sp³-hybridized carbons (Fsp3) is 0.100. The Morgan fingerprint density at radius 2 is 1.92 bits per heavy atom. The van der Waals surface area contributed by atoms with Crippen LogP contribution in [-0.4, -0.2) is 14.7 Å². The fourth-order valence-corrected chi connectivity index (χ4v) is 1.25. The molecular weight excluding hydrogens is 164 g/mol. The van der Waals surface area contributed by atoms with Crippen LogP contribution in [0.5, 0.6) is 5.75 Å². The predicted molar refractivity (Wildman–Crippen MR) is 50.3 cm³/mol. The van der Waals surface area contributed by atoms with Gasteiger partial charge >= 0.3 is 0 Å². The van der Waals surface area contributed by atoms with Gasteiger partial charge in [-0.1, -0.05) is 0 Å². The Kier molecular flexibility index (Phi) is 1.77. The largest absolute Gasteiger partial charge is 0.508 e. The number of aromatic nitrogens is 2. The van der Waals surface area contributed by atoms with Gasteiger partial charge in [-0.25, -0.2) is 4.98 Å². The molecule has 0 bridgehead atoms. The summed E-state index contributed by atoms with van der Waals surface area (Å²) in [4.78, 5) is 4.20. The summed E-state index contributed by atoms with van der Waals surface area (Å²) < 4.78 is 1.94. The van der Waals surface area contributed by atoms with E-state index >= 15 is 0 Å². The highest BCUT2D eigenvalue weighted by Gasteiger charge is 2.01. The summed E-state index contributed by atoms with van der Waals surface area (Å²) in [5.41, 5.74) is 1.00. The Balaban J connectivity index is 2.47. The van der Waals surface area contributed by atoms with Gasteiger partial charge in [0.2, 0.25) is 0 Å². The minimum Gasteiger partial charge on any atom is -0.508 e. The van der Waals surface area contributed by atoms with E-state index in [-0.39, 0.29) is 5.75 Å². The van der Waals surface area contributed by atoms with Crippen LogP contribution in [0.2, 0.25) is 0 Å². The molecule has 0 amide bonds. The summed E-state index contributed by atoms with van der Waals surface area (Å²) in [6, 6.07) is 7.00. The molecule has 0 aliphatic heterocycles. The number of aryl methyl sites for hydroxylation is 1. The highest BCUT2D eigenvalue weighted by atomic mass is 16.3. The van der Waals surface area contributed by atoms with Crippen LogP contribution in [0, 0.1) is 0 Å². The van der Waals surface area contributed by atoms with Gasteiger partial charge in [0.05, 0.1) is 0 Å². The lowest BCUT2D eigenvalue weighted by Gasteiger charge is -2.00. The molecule has 0 aliphatic rings. The van der Waals surface area contributed by atoms with Gasteiger partial charge in [-0.15, -0.1) is 0 Å². The smallest absolute Gasteiger partial charge is 0.139 e. The summed E-state index contributed by atoms with van der Waals surface area (Å²) >= 11 is 0. The van der Waals surface area contributed by atoms with E-state index in [1.54, 1.807) is 18.3 Å². The molecule has 0 fully saturated rings. The summed E-state index contributed by atoms with van der Waals surface area (Å²) in [5, 5.41) is 9.10. The van der Waals surface area contributed by atoms with Gasteiger partial charge in [-0.05, 0) is 24.3 Å². The van der Waals surface area contributed by atoms with Crippen LogP contribution < -0.4 is 0 Å². The molecule has 1 heterocycles. The van der Waals surface area contributed by atoms with Gasteiger partial charge in [-0.3, -0.25) is 0 Å². The first-order valence-corrected chi connectivity index (χ1v) is 4.04. The second-order valence-corrected chi connectivity index (χ2v) is 2.91. The van der Waals surface area contributed by atoms with E-state index in [1.165, 1.54) is 0 Å². The fourth-order valence-electron chi connectivity index (χ4n) is 1.25. The zero-order valence-corrected chi connectivity index (χ0v) is 7.31. The first-order valence-electron chi connectivity index (χ1n) is 4.04. The summed E-state index contributed by atoms with van der Waals surface area (Å²) in [6.07, 6.45) is 3.64. The van der Waals surface area contributed by atoms with Crippen LogP contribution in [0.15, 0.2) is 36.7 Å². The lowest BCUT2D eigenvalue weighted by Crippen LogP contribution is -1.90. The standard InChI is InChI=1S/C10H10N2O/c1-12-7-6-11-10(12)8-2-4-9(13)5-3-8/h2-7,13H,1H3. The number of nitrogens with zero attached hydrogens (tertiary/aromatic N) is 2. The Hall–Kier alpha value is -1.77. The zero-order chi connectivity index (χ0) is 9.26. The minimum atomic E-state index is 0.276. The number of benzene rings is 1. The Morgan fingerprint density at radius 1 is 1.23 bits per heavy atom. The number of phenols is 1. The maximum atomic E-state index is 9.10. The van der Waals surface area contributed by atoms with Crippen molar-refractivity contribution in [2.75, 3.05) is 0 Å². The molecule has 0 spiro atoms. The van der Waals surface area contributed by atoms with Crippen molar-refractivity contribution in [1.82, 2.24) is 9.55 Å². The van der Waals surface area contributed by atoms with E-state index in [2.05, 4.69) is 4.98 Å². The van der Waals surface area contributed by atoms with Crippen LogP contribution in [-0.2, 0) is 7.05 Å². The van der Waals surface area contributed by atoms with Gasteiger partial charge < -0.3 is 9.67 Å². The van der Waals surface area contributed by atoms with Crippen LogP contribution in [0.25, 0.3) is 11.4 Å². The molecule has 0 saturated carbocycles. The third kappa shape index (κ3) is 1.40. The molecule has 13 heavy (non-hydrogen) atoms. The van der Waals surface area contributed by atoms with Crippen molar-refractivity contribution in [3.8, 4) is 17.1 Å². The first kappa shape index (κ1) is 7.86. The maximum absolute atomic E-state index is 9.10. The zero-order valence-electron chi connectivity index (χ0n) is 7.31. The number of hydrogen-bond donors (Lipinski definition) is 1. The molecule has 1 aromatic carbocycles. The average Bonchev–Trinajstić information content (AvgIpc) is 2.53. The molecule has 0 radical (unpaired) electrons. The van der Waals surface area contributed by atoms with E-state index in [1.807, 2.05) is 29.9 Å². The van der Waals surface area contributed by atoms with Crippen LogP contribution in [0.1, 0.15) is 0 Å². The minimum absolute atomic E-state index is 0.276. The number of aromatic hydroxyl groups is 1. The van der Waals surface area contributed by atoms with E-state index in [0.717, 1.165) is 11.4 Å². The van der Waals surface area contributed by atoms with Crippen molar-refractivity contribution in [2.24, 2.45) is 7.05 Å². The third-order valence-electron chi connectivity index (χ3n) is 1.95. The average molecular weight is 174 g/mol. The molecule has 0 saturated heterocycles. The second-order valence-electron chi connectivity index (χ2n) is 2.91. The SMILES string of the molecule is Cn1ccnc1-c1ccc(O)cc1. The Morgan fingerprint density at radius 3 is 2.46 bits per heavy atom. The monoisotopic (exact) mass is 174 g/mol. The van der Waals surface area contributed by atoms with Gasteiger partial charge in [0, 0.05) is 25.0 Å². The molecule has 1 N–H and O–H groups in total. The third-order valence-corrected chi connectivity index (χ3v) is 1.95. The Bertz CT molecular complexity index is 403. The maximum Gasteiger partial charge on any atom is 0.139 e. The van der Waals surface area contributed by atoms with Crippen LogP contribution >= 0.6 is 0 Å². The number of imidazole rings is 1. The van der Waals surface area contributed by atoms with Gasteiger partial charge in [0.25, 0.3) is 0 Å². The van der Waals surface area contributed by atoms with Crippen molar-refractivity contribution in [2.45, 2.75) is 0 Å². The molecule has 1 aromatic heterocycles. The molecule has 3 heteroatoms. The van der Waals surface area contributed by atoms with Crippen LogP contribution in [0.4, 0.5) is 0 Å². The first-order chi connectivity index (χ1) is 6.27. The van der Waals surface area contributed by atoms with Crippen molar-refractivity contribution in [3.63, 3.8) is 0 Å². The van der Waals surface area contributed by atoms with Gasteiger partial charge in [0.1, 0.15) is 11.6 Å². The molecule has 0 aliphatic carbocycles. The van der Waals surface area contributed by atoms with E-state index in [9.17, 15) is 0 Å². The van der Waals surface area contributed by atoms with Crippen LogP contribution in [0.3, 0.4) is 0 Å². The molecule has 2 aromatic rings. The van der Waals surface area contributed by atoms with Crippen molar-refractivity contribution < 1.29 is 5.11 Å². The lowest BCUT2D eigenvalue weighted by molar-refractivity contribution is 0.475. The van der Waals surface area contributed by atoms with Crippen molar-refractivity contribution in [3.05, 3.63) is 36.7 Å². The molecule has 2 rings (SSSR count). The van der Waals surface area contributed by atoms with E-state index in [0.29, 0.717) is 0 Å². The highest BCUT2D eigenvalue weighted by Crippen LogP contribution is 2.19. The second kappa shape index (κ2) is 2.94. The summed E-state index contributed by atoms with van der Waals surface area (Å²) in [5.74, 6) is 1.18. The lowest BCUT2D eigenvalue weighted by atomic mass is 10.2. The van der Waals surface area contributed by atoms with Gasteiger partial charge in [-0.2, -0.15) is 0 Å². The topological polar surface area (TPSA) is 38.0 Å². The summed E-state index contributed by atoms with van der Waals surface area (Å²) in [6.45, 7) is 0. The molecule has 0 unspecified atom stereocenters. The molecular formula is C10H10N2O. The summed E-state index contributed by atoms with van der Waals surface area (Å²) in [7, 11) is 1.94. The van der Waals surface area contributed by atoms with Crippen molar-refractivity contribution >= 4 is 0 Å². The van der Waals surface area contributed by atoms with Crippen molar-refractivity contribution in [1.29, 1.82) is 0 Å². The molecule has 0 atom stereocenters. The molecule has 66 valence electrons.